The lowest BCUT2D eigenvalue weighted by atomic mass is 10.1. The predicted octanol–water partition coefficient (Wildman–Crippen LogP) is 5.34. The van der Waals surface area contributed by atoms with Gasteiger partial charge < -0.3 is 10.6 Å². The second kappa shape index (κ2) is 6.89. The lowest BCUT2D eigenvalue weighted by Gasteiger charge is -2.14. The monoisotopic (exact) mass is 336 g/mol. The Morgan fingerprint density at radius 1 is 0.800 bits per heavy atom. The summed E-state index contributed by atoms with van der Waals surface area (Å²) in [5.41, 5.74) is 6.15. The second-order valence-electron chi connectivity index (χ2n) is 6.25. The maximum atomic E-state index is 13.0. The van der Waals surface area contributed by atoms with Crippen molar-refractivity contribution in [3.05, 3.63) is 70.7 Å². The first-order chi connectivity index (χ1) is 11.9. The van der Waals surface area contributed by atoms with Crippen LogP contribution >= 0.6 is 0 Å². The molecule has 2 aromatic carbocycles. The molecular weight excluding hydrogens is 315 g/mol. The third kappa shape index (κ3) is 4.12. The number of hydrogen-bond acceptors (Lipinski definition) is 4. The van der Waals surface area contributed by atoms with Crippen LogP contribution in [0.3, 0.4) is 0 Å². The summed E-state index contributed by atoms with van der Waals surface area (Å²) >= 11 is 0. The number of aromatic nitrogens is 2. The van der Waals surface area contributed by atoms with Gasteiger partial charge in [0.05, 0.1) is 0 Å². The highest BCUT2D eigenvalue weighted by atomic mass is 19.1. The van der Waals surface area contributed by atoms with Gasteiger partial charge in [-0.15, -0.1) is 0 Å². The van der Waals surface area contributed by atoms with Crippen molar-refractivity contribution in [1.82, 2.24) is 9.97 Å². The Hall–Kier alpha value is -2.95. The highest BCUT2D eigenvalue weighted by molar-refractivity contribution is 5.65. The average molecular weight is 336 g/mol. The normalized spacial score (nSPS) is 10.6. The molecule has 0 aliphatic carbocycles. The Labute approximate surface area is 147 Å². The highest BCUT2D eigenvalue weighted by Crippen LogP contribution is 2.25. The van der Waals surface area contributed by atoms with Crippen molar-refractivity contribution in [2.24, 2.45) is 0 Å². The number of rotatable bonds is 4. The van der Waals surface area contributed by atoms with Gasteiger partial charge in [0.2, 0.25) is 5.95 Å². The smallest absolute Gasteiger partial charge is 0.229 e. The number of anilines is 4. The molecule has 0 atom stereocenters. The fourth-order valence-electron chi connectivity index (χ4n) is 2.86. The molecule has 4 nitrogen and oxygen atoms in total. The fourth-order valence-corrected chi connectivity index (χ4v) is 2.86. The predicted molar refractivity (Wildman–Crippen MR) is 100 cm³/mol. The van der Waals surface area contributed by atoms with Crippen LogP contribution in [0.15, 0.2) is 42.5 Å². The molecule has 0 unspecified atom stereocenters. The van der Waals surface area contributed by atoms with E-state index in [9.17, 15) is 4.39 Å². The molecule has 3 rings (SSSR count). The minimum Gasteiger partial charge on any atom is -0.340 e. The molecule has 1 heterocycles. The van der Waals surface area contributed by atoms with E-state index < -0.39 is 0 Å². The van der Waals surface area contributed by atoms with Gasteiger partial charge in [0.15, 0.2) is 0 Å². The van der Waals surface area contributed by atoms with Crippen molar-refractivity contribution in [3.8, 4) is 0 Å². The number of hydrogen-bond donors (Lipinski definition) is 2. The van der Waals surface area contributed by atoms with Crippen molar-refractivity contribution >= 4 is 23.1 Å². The molecule has 1 aromatic heterocycles. The van der Waals surface area contributed by atoms with Crippen LogP contribution < -0.4 is 10.6 Å². The summed E-state index contributed by atoms with van der Waals surface area (Å²) in [6.45, 7) is 8.13. The van der Waals surface area contributed by atoms with Crippen LogP contribution in [0.25, 0.3) is 0 Å². The number of nitrogens with one attached hydrogen (secondary N) is 2. The SMILES string of the molecule is Cc1cc(C)c(Nc2nc(C)cc(Nc3ccc(F)cc3)n2)c(C)c1. The van der Waals surface area contributed by atoms with Gasteiger partial charge >= 0.3 is 0 Å². The van der Waals surface area contributed by atoms with E-state index in [1.54, 1.807) is 12.1 Å². The molecule has 0 bridgehead atoms. The number of aryl methyl sites for hydroxylation is 4. The van der Waals surface area contributed by atoms with E-state index in [4.69, 9.17) is 0 Å². The van der Waals surface area contributed by atoms with Crippen LogP contribution in [0.4, 0.5) is 27.5 Å². The van der Waals surface area contributed by atoms with Gasteiger partial charge in [-0.2, -0.15) is 4.98 Å². The van der Waals surface area contributed by atoms with Crippen LogP contribution in [0.2, 0.25) is 0 Å². The van der Waals surface area contributed by atoms with Gasteiger partial charge in [-0.05, 0) is 63.1 Å². The standard InChI is InChI=1S/C20H21FN4/c1-12-9-13(2)19(14(3)10-12)25-20-22-15(4)11-18(24-20)23-17-7-5-16(21)6-8-17/h5-11H,1-4H3,(H2,22,23,24,25). The summed E-state index contributed by atoms with van der Waals surface area (Å²) < 4.78 is 13.0. The maximum Gasteiger partial charge on any atom is 0.229 e. The van der Waals surface area contributed by atoms with Crippen LogP contribution in [-0.4, -0.2) is 9.97 Å². The van der Waals surface area contributed by atoms with Crippen LogP contribution in [0.5, 0.6) is 0 Å². The number of benzene rings is 2. The van der Waals surface area contributed by atoms with Gasteiger partial charge in [-0.25, -0.2) is 9.37 Å². The Morgan fingerprint density at radius 3 is 2.08 bits per heavy atom. The quantitative estimate of drug-likeness (QED) is 0.675. The van der Waals surface area contributed by atoms with E-state index in [1.807, 2.05) is 13.0 Å². The molecule has 0 spiro atoms. The van der Waals surface area contributed by atoms with Crippen LogP contribution in [-0.2, 0) is 0 Å². The van der Waals surface area contributed by atoms with Gasteiger partial charge in [0.1, 0.15) is 11.6 Å². The molecule has 128 valence electrons. The summed E-state index contributed by atoms with van der Waals surface area (Å²) in [5.74, 6) is 0.917. The molecule has 0 saturated heterocycles. The third-order valence-corrected chi connectivity index (χ3v) is 3.88. The average Bonchev–Trinajstić information content (AvgIpc) is 2.52. The van der Waals surface area contributed by atoms with Crippen molar-refractivity contribution in [3.63, 3.8) is 0 Å². The summed E-state index contributed by atoms with van der Waals surface area (Å²) in [6, 6.07) is 12.3. The first-order valence-electron chi connectivity index (χ1n) is 8.14. The van der Waals surface area contributed by atoms with E-state index in [-0.39, 0.29) is 5.82 Å². The summed E-state index contributed by atoms with van der Waals surface area (Å²) in [6.07, 6.45) is 0. The largest absolute Gasteiger partial charge is 0.340 e. The van der Waals surface area contributed by atoms with E-state index in [0.29, 0.717) is 11.8 Å². The minimum absolute atomic E-state index is 0.267. The molecule has 0 radical (unpaired) electrons. The highest BCUT2D eigenvalue weighted by Gasteiger charge is 2.08. The first-order valence-corrected chi connectivity index (χ1v) is 8.14. The Bertz CT molecular complexity index is 881. The molecule has 0 saturated carbocycles. The zero-order valence-corrected chi connectivity index (χ0v) is 14.8. The molecule has 0 fully saturated rings. The van der Waals surface area contributed by atoms with Crippen molar-refractivity contribution < 1.29 is 4.39 Å². The van der Waals surface area contributed by atoms with E-state index >= 15 is 0 Å². The topological polar surface area (TPSA) is 49.8 Å². The van der Waals surface area contributed by atoms with Crippen molar-refractivity contribution in [2.75, 3.05) is 10.6 Å². The van der Waals surface area contributed by atoms with E-state index in [1.165, 1.54) is 17.7 Å². The Balaban J connectivity index is 1.88. The lowest BCUT2D eigenvalue weighted by molar-refractivity contribution is 0.628. The third-order valence-electron chi connectivity index (χ3n) is 3.88. The molecule has 5 heteroatoms. The van der Waals surface area contributed by atoms with Gasteiger partial charge in [-0.3, -0.25) is 0 Å². The minimum atomic E-state index is -0.267. The van der Waals surface area contributed by atoms with Gasteiger partial charge in [0.25, 0.3) is 0 Å². The molecule has 25 heavy (non-hydrogen) atoms. The van der Waals surface area contributed by atoms with Crippen molar-refractivity contribution in [1.29, 1.82) is 0 Å². The van der Waals surface area contributed by atoms with Gasteiger partial charge in [0, 0.05) is 23.1 Å². The lowest BCUT2D eigenvalue weighted by Crippen LogP contribution is -2.04. The molecule has 0 aliphatic rings. The fraction of sp³-hybridized carbons (Fsp3) is 0.200. The van der Waals surface area contributed by atoms with E-state index in [2.05, 4.69) is 53.5 Å². The molecule has 3 aromatic rings. The number of halogens is 1. The first kappa shape index (κ1) is 16.9. The second-order valence-corrected chi connectivity index (χ2v) is 6.25. The molecule has 0 aliphatic heterocycles. The summed E-state index contributed by atoms with van der Waals surface area (Å²) in [5, 5.41) is 6.50. The Morgan fingerprint density at radius 2 is 1.44 bits per heavy atom. The van der Waals surface area contributed by atoms with Crippen LogP contribution in [0.1, 0.15) is 22.4 Å². The number of nitrogens with zero attached hydrogens (tertiary/aromatic N) is 2. The summed E-state index contributed by atoms with van der Waals surface area (Å²) in [4.78, 5) is 8.99. The van der Waals surface area contributed by atoms with Gasteiger partial charge in [-0.1, -0.05) is 17.7 Å². The van der Waals surface area contributed by atoms with E-state index in [0.717, 1.165) is 28.2 Å². The molecule has 0 amide bonds. The zero-order valence-electron chi connectivity index (χ0n) is 14.8. The molecule has 2 N–H and O–H groups in total. The van der Waals surface area contributed by atoms with Crippen LogP contribution in [0, 0.1) is 33.5 Å². The maximum absolute atomic E-state index is 13.0. The zero-order chi connectivity index (χ0) is 18.0. The van der Waals surface area contributed by atoms with Crippen molar-refractivity contribution in [2.45, 2.75) is 27.7 Å². The Kier molecular flexibility index (Phi) is 4.65. The summed E-state index contributed by atoms with van der Waals surface area (Å²) in [7, 11) is 0. The molecular formula is C20H21FN4.